The topological polar surface area (TPSA) is 43.8 Å². The van der Waals surface area contributed by atoms with Crippen LogP contribution in [0.25, 0.3) is 11.0 Å². The van der Waals surface area contributed by atoms with Crippen molar-refractivity contribution >= 4 is 11.0 Å². The normalized spacial score (nSPS) is 11.2. The van der Waals surface area contributed by atoms with E-state index in [1.54, 1.807) is 6.07 Å². The van der Waals surface area contributed by atoms with Gasteiger partial charge in [-0.25, -0.2) is 9.37 Å². The molecule has 3 nitrogen and oxygen atoms in total. The SMILES string of the molecule is Cn1c(CCCCN)nc2ccc(F)cc21. The molecule has 0 saturated heterocycles. The van der Waals surface area contributed by atoms with Crippen LogP contribution in [-0.2, 0) is 13.5 Å². The van der Waals surface area contributed by atoms with Crippen molar-refractivity contribution < 1.29 is 4.39 Å². The van der Waals surface area contributed by atoms with Crippen LogP contribution in [0, 0.1) is 5.82 Å². The highest BCUT2D eigenvalue weighted by Gasteiger charge is 2.07. The van der Waals surface area contributed by atoms with E-state index in [2.05, 4.69) is 4.98 Å². The number of rotatable bonds is 4. The third kappa shape index (κ3) is 2.07. The molecule has 0 amide bonds. The maximum Gasteiger partial charge on any atom is 0.125 e. The van der Waals surface area contributed by atoms with Crippen molar-refractivity contribution in [3.8, 4) is 0 Å². The summed E-state index contributed by atoms with van der Waals surface area (Å²) in [5.41, 5.74) is 7.15. The Morgan fingerprint density at radius 3 is 2.94 bits per heavy atom. The molecule has 4 heteroatoms. The average Bonchev–Trinajstić information content (AvgIpc) is 2.57. The lowest BCUT2D eigenvalue weighted by atomic mass is 10.2. The zero-order valence-electron chi connectivity index (χ0n) is 9.41. The van der Waals surface area contributed by atoms with Crippen molar-refractivity contribution in [2.45, 2.75) is 19.3 Å². The smallest absolute Gasteiger partial charge is 0.125 e. The minimum Gasteiger partial charge on any atom is -0.331 e. The van der Waals surface area contributed by atoms with Crippen LogP contribution in [0.1, 0.15) is 18.7 Å². The van der Waals surface area contributed by atoms with Crippen LogP contribution in [-0.4, -0.2) is 16.1 Å². The zero-order chi connectivity index (χ0) is 11.5. The van der Waals surface area contributed by atoms with Gasteiger partial charge in [0.2, 0.25) is 0 Å². The summed E-state index contributed by atoms with van der Waals surface area (Å²) >= 11 is 0. The van der Waals surface area contributed by atoms with Gasteiger partial charge in [-0.2, -0.15) is 0 Å². The molecule has 86 valence electrons. The van der Waals surface area contributed by atoms with E-state index in [4.69, 9.17) is 5.73 Å². The van der Waals surface area contributed by atoms with Gasteiger partial charge in [-0.15, -0.1) is 0 Å². The molecule has 0 spiro atoms. The number of halogens is 1. The molecule has 0 saturated carbocycles. The Balaban J connectivity index is 2.29. The van der Waals surface area contributed by atoms with Gasteiger partial charge in [-0.3, -0.25) is 0 Å². The van der Waals surface area contributed by atoms with Crippen molar-refractivity contribution in [2.24, 2.45) is 12.8 Å². The summed E-state index contributed by atoms with van der Waals surface area (Å²) in [4.78, 5) is 4.48. The molecule has 0 aliphatic carbocycles. The number of aryl methyl sites for hydroxylation is 2. The molecule has 2 N–H and O–H groups in total. The van der Waals surface area contributed by atoms with Crippen molar-refractivity contribution in [2.75, 3.05) is 6.54 Å². The van der Waals surface area contributed by atoms with Crippen LogP contribution in [0.4, 0.5) is 4.39 Å². The van der Waals surface area contributed by atoms with E-state index in [0.717, 1.165) is 36.1 Å². The minimum atomic E-state index is -0.219. The molecule has 2 aromatic rings. The van der Waals surface area contributed by atoms with E-state index in [9.17, 15) is 4.39 Å². The highest BCUT2D eigenvalue weighted by atomic mass is 19.1. The molecule has 0 aliphatic heterocycles. The van der Waals surface area contributed by atoms with Crippen LogP contribution in [0.5, 0.6) is 0 Å². The first-order chi connectivity index (χ1) is 7.72. The first-order valence-electron chi connectivity index (χ1n) is 5.53. The number of fused-ring (bicyclic) bond motifs is 1. The average molecular weight is 221 g/mol. The Morgan fingerprint density at radius 1 is 1.38 bits per heavy atom. The number of nitrogens with two attached hydrogens (primary N) is 1. The molecular weight excluding hydrogens is 205 g/mol. The highest BCUT2D eigenvalue weighted by molar-refractivity contribution is 5.75. The summed E-state index contributed by atoms with van der Waals surface area (Å²) in [7, 11) is 1.92. The molecule has 16 heavy (non-hydrogen) atoms. The van der Waals surface area contributed by atoms with Gasteiger partial charge in [-0.05, 0) is 37.6 Å². The summed E-state index contributed by atoms with van der Waals surface area (Å²) in [5.74, 6) is 0.776. The molecule has 1 aromatic heterocycles. The van der Waals surface area contributed by atoms with Crippen molar-refractivity contribution in [3.63, 3.8) is 0 Å². The Labute approximate surface area is 94.1 Å². The lowest BCUT2D eigenvalue weighted by Crippen LogP contribution is -2.02. The van der Waals surface area contributed by atoms with Gasteiger partial charge in [0.15, 0.2) is 0 Å². The van der Waals surface area contributed by atoms with E-state index in [-0.39, 0.29) is 5.82 Å². The van der Waals surface area contributed by atoms with Gasteiger partial charge in [0.1, 0.15) is 11.6 Å². The van der Waals surface area contributed by atoms with E-state index >= 15 is 0 Å². The molecule has 0 atom stereocenters. The summed E-state index contributed by atoms with van der Waals surface area (Å²) < 4.78 is 15.0. The largest absolute Gasteiger partial charge is 0.331 e. The van der Waals surface area contributed by atoms with Gasteiger partial charge in [0.05, 0.1) is 11.0 Å². The third-order valence-corrected chi connectivity index (χ3v) is 2.79. The van der Waals surface area contributed by atoms with Crippen LogP contribution < -0.4 is 5.73 Å². The second-order valence-corrected chi connectivity index (χ2v) is 3.97. The van der Waals surface area contributed by atoms with Crippen molar-refractivity contribution in [3.05, 3.63) is 29.8 Å². The van der Waals surface area contributed by atoms with Gasteiger partial charge >= 0.3 is 0 Å². The van der Waals surface area contributed by atoms with Gasteiger partial charge < -0.3 is 10.3 Å². The van der Waals surface area contributed by atoms with Gasteiger partial charge in [-0.1, -0.05) is 0 Å². The van der Waals surface area contributed by atoms with E-state index < -0.39 is 0 Å². The summed E-state index contributed by atoms with van der Waals surface area (Å²) in [6, 6.07) is 4.69. The van der Waals surface area contributed by atoms with Crippen molar-refractivity contribution in [1.82, 2.24) is 9.55 Å². The fourth-order valence-electron chi connectivity index (χ4n) is 1.86. The minimum absolute atomic E-state index is 0.219. The van der Waals surface area contributed by atoms with E-state index in [1.165, 1.54) is 12.1 Å². The lowest BCUT2D eigenvalue weighted by molar-refractivity contribution is 0.628. The van der Waals surface area contributed by atoms with Crippen LogP contribution in [0.2, 0.25) is 0 Å². The standard InChI is InChI=1S/C12H16FN3/c1-16-11-8-9(13)5-6-10(11)15-12(16)4-2-3-7-14/h5-6,8H,2-4,7,14H2,1H3. The fourth-order valence-corrected chi connectivity index (χ4v) is 1.86. The third-order valence-electron chi connectivity index (χ3n) is 2.79. The predicted molar refractivity (Wildman–Crippen MR) is 62.7 cm³/mol. The number of imidazole rings is 1. The van der Waals surface area contributed by atoms with Crippen LogP contribution in [0.15, 0.2) is 18.2 Å². The number of benzene rings is 1. The first-order valence-corrected chi connectivity index (χ1v) is 5.53. The molecule has 0 unspecified atom stereocenters. The predicted octanol–water partition coefficient (Wildman–Crippen LogP) is 1.99. The zero-order valence-corrected chi connectivity index (χ0v) is 9.41. The summed E-state index contributed by atoms with van der Waals surface area (Å²) in [5, 5.41) is 0. The number of unbranched alkanes of at least 4 members (excludes halogenated alkanes) is 1. The second-order valence-electron chi connectivity index (χ2n) is 3.97. The summed E-state index contributed by atoms with van der Waals surface area (Å²) in [6.45, 7) is 0.707. The molecule has 0 fully saturated rings. The fraction of sp³-hybridized carbons (Fsp3) is 0.417. The van der Waals surface area contributed by atoms with Crippen LogP contribution >= 0.6 is 0 Å². The van der Waals surface area contributed by atoms with Gasteiger partial charge in [0, 0.05) is 13.5 Å². The van der Waals surface area contributed by atoms with Crippen LogP contribution in [0.3, 0.4) is 0 Å². The molecule has 1 heterocycles. The maximum absolute atomic E-state index is 13.1. The van der Waals surface area contributed by atoms with Gasteiger partial charge in [0.25, 0.3) is 0 Å². The summed E-state index contributed by atoms with van der Waals surface area (Å²) in [6.07, 6.45) is 2.91. The number of hydrogen-bond donors (Lipinski definition) is 1. The molecule has 1 aromatic carbocycles. The quantitative estimate of drug-likeness (QED) is 0.802. The maximum atomic E-state index is 13.1. The number of aromatic nitrogens is 2. The van der Waals surface area contributed by atoms with E-state index in [0.29, 0.717) is 6.54 Å². The molecule has 0 aliphatic rings. The molecule has 2 rings (SSSR count). The monoisotopic (exact) mass is 221 g/mol. The Hall–Kier alpha value is -1.42. The second kappa shape index (κ2) is 4.61. The molecule has 0 bridgehead atoms. The molecule has 0 radical (unpaired) electrons. The number of nitrogens with zero attached hydrogens (tertiary/aromatic N) is 2. The Kier molecular flexibility index (Phi) is 3.19. The highest BCUT2D eigenvalue weighted by Crippen LogP contribution is 2.17. The Bertz CT molecular complexity index is 490. The van der Waals surface area contributed by atoms with E-state index in [1.807, 2.05) is 11.6 Å². The Morgan fingerprint density at radius 2 is 2.19 bits per heavy atom. The number of hydrogen-bond acceptors (Lipinski definition) is 2. The van der Waals surface area contributed by atoms with Crippen molar-refractivity contribution in [1.29, 1.82) is 0 Å². The first kappa shape index (κ1) is 11.1. The lowest BCUT2D eigenvalue weighted by Gasteiger charge is -2.01. The molecular formula is C12H16FN3.